The van der Waals surface area contributed by atoms with Crippen molar-refractivity contribution in [1.29, 1.82) is 0 Å². The van der Waals surface area contributed by atoms with Crippen LogP contribution in [-0.4, -0.2) is 26.2 Å². The minimum atomic E-state index is 0.712. The molecule has 0 saturated carbocycles. The fraction of sp³-hybridized carbons (Fsp3) is 0.667. The average molecular weight is 373 g/mol. The summed E-state index contributed by atoms with van der Waals surface area (Å²) in [4.78, 5) is 0. The molecule has 0 atom stereocenters. The average Bonchev–Trinajstić information content (AvgIpc) is 2.56. The van der Waals surface area contributed by atoms with Crippen molar-refractivity contribution in [2.24, 2.45) is 0 Å². The molecule has 0 amide bonds. The van der Waals surface area contributed by atoms with Gasteiger partial charge in [-0.3, -0.25) is 0 Å². The van der Waals surface area contributed by atoms with Gasteiger partial charge in [0.1, 0.15) is 5.75 Å². The molecule has 0 N–H and O–H groups in total. The van der Waals surface area contributed by atoms with Crippen LogP contribution in [0.1, 0.15) is 51.4 Å². The fourth-order valence-corrected chi connectivity index (χ4v) is 2.75. The monoisotopic (exact) mass is 372 g/mol. The first kappa shape index (κ1) is 19.1. The van der Waals surface area contributed by atoms with Gasteiger partial charge >= 0.3 is 0 Å². The van der Waals surface area contributed by atoms with Crippen LogP contribution in [0, 0.1) is 0 Å². The van der Waals surface area contributed by atoms with E-state index in [9.17, 15) is 0 Å². The van der Waals surface area contributed by atoms with Crippen LogP contribution in [0.25, 0.3) is 0 Å². The van der Waals surface area contributed by atoms with Gasteiger partial charge in [-0.1, -0.05) is 54.5 Å². The maximum absolute atomic E-state index is 5.77. The lowest BCUT2D eigenvalue weighted by Gasteiger charge is -2.10. The summed E-state index contributed by atoms with van der Waals surface area (Å²) in [6, 6.07) is 5.68. The lowest BCUT2D eigenvalue weighted by atomic mass is 10.1. The van der Waals surface area contributed by atoms with E-state index in [0.717, 1.165) is 29.9 Å². The molecule has 0 bridgehead atoms. The summed E-state index contributed by atoms with van der Waals surface area (Å²) in [6.07, 6.45) is 10.4. The van der Waals surface area contributed by atoms with E-state index in [2.05, 4.69) is 15.9 Å². The third-order valence-electron chi connectivity index (χ3n) is 3.65. The Morgan fingerprint density at radius 2 is 1.36 bits per heavy atom. The van der Waals surface area contributed by atoms with E-state index in [-0.39, 0.29) is 0 Å². The molecule has 0 spiro atoms. The van der Waals surface area contributed by atoms with Gasteiger partial charge in [0.15, 0.2) is 11.5 Å². The zero-order chi connectivity index (χ0) is 16.0. The number of hydrogen-bond donors (Lipinski definition) is 0. The van der Waals surface area contributed by atoms with Gasteiger partial charge in [-0.25, -0.2) is 0 Å². The summed E-state index contributed by atoms with van der Waals surface area (Å²) in [6.45, 7) is 0.763. The SMILES string of the molecule is COc1ccc(OCCCCCCCCCCBr)cc1OC. The summed E-state index contributed by atoms with van der Waals surface area (Å²) >= 11 is 3.47. The molecule has 0 aliphatic carbocycles. The largest absolute Gasteiger partial charge is 0.493 e. The maximum atomic E-state index is 5.77. The van der Waals surface area contributed by atoms with E-state index in [0.29, 0.717) is 5.75 Å². The van der Waals surface area contributed by atoms with Gasteiger partial charge in [-0.05, 0) is 25.0 Å². The standard InChI is InChI=1S/C18H29BrO3/c1-20-17-12-11-16(15-18(17)21-2)22-14-10-8-6-4-3-5-7-9-13-19/h11-12,15H,3-10,13-14H2,1-2H3. The van der Waals surface area contributed by atoms with E-state index in [4.69, 9.17) is 14.2 Å². The third kappa shape index (κ3) is 7.92. The zero-order valence-corrected chi connectivity index (χ0v) is 15.5. The molecule has 1 aromatic rings. The van der Waals surface area contributed by atoms with Crippen LogP contribution in [-0.2, 0) is 0 Å². The minimum absolute atomic E-state index is 0.712. The molecule has 126 valence electrons. The number of halogens is 1. The first-order valence-electron chi connectivity index (χ1n) is 8.22. The van der Waals surface area contributed by atoms with Crippen LogP contribution in [0.3, 0.4) is 0 Å². The van der Waals surface area contributed by atoms with Gasteiger partial charge in [-0.15, -0.1) is 0 Å². The second kappa shape index (κ2) is 12.6. The predicted molar refractivity (Wildman–Crippen MR) is 95.8 cm³/mol. The number of ether oxygens (including phenoxy) is 3. The lowest BCUT2D eigenvalue weighted by molar-refractivity contribution is 0.299. The minimum Gasteiger partial charge on any atom is -0.493 e. The van der Waals surface area contributed by atoms with Crippen molar-refractivity contribution in [2.75, 3.05) is 26.2 Å². The van der Waals surface area contributed by atoms with Gasteiger partial charge in [-0.2, -0.15) is 0 Å². The van der Waals surface area contributed by atoms with Crippen molar-refractivity contribution in [3.05, 3.63) is 18.2 Å². The summed E-state index contributed by atoms with van der Waals surface area (Å²) in [5.74, 6) is 2.28. The molecule has 3 nitrogen and oxygen atoms in total. The molecule has 22 heavy (non-hydrogen) atoms. The molecule has 0 aliphatic heterocycles. The van der Waals surface area contributed by atoms with E-state index in [1.807, 2.05) is 18.2 Å². The molecule has 1 aromatic carbocycles. The fourth-order valence-electron chi connectivity index (χ4n) is 2.35. The molecule has 0 aromatic heterocycles. The molecule has 0 aliphatic rings. The Labute approximate surface area is 143 Å². The Hall–Kier alpha value is -0.900. The first-order valence-corrected chi connectivity index (χ1v) is 9.34. The molecule has 1 rings (SSSR count). The summed E-state index contributed by atoms with van der Waals surface area (Å²) < 4.78 is 16.2. The van der Waals surface area contributed by atoms with Crippen LogP contribution in [0.15, 0.2) is 18.2 Å². The summed E-state index contributed by atoms with van der Waals surface area (Å²) in [5.41, 5.74) is 0. The van der Waals surface area contributed by atoms with Crippen molar-refractivity contribution in [3.63, 3.8) is 0 Å². The van der Waals surface area contributed by atoms with E-state index in [1.165, 1.54) is 44.9 Å². The number of methoxy groups -OCH3 is 2. The second-order valence-electron chi connectivity index (χ2n) is 5.38. The molecule has 4 heteroatoms. The highest BCUT2D eigenvalue weighted by atomic mass is 79.9. The summed E-state index contributed by atoms with van der Waals surface area (Å²) in [7, 11) is 3.28. The highest BCUT2D eigenvalue weighted by Crippen LogP contribution is 2.30. The van der Waals surface area contributed by atoms with Crippen molar-refractivity contribution in [2.45, 2.75) is 51.4 Å². The van der Waals surface area contributed by atoms with Crippen molar-refractivity contribution >= 4 is 15.9 Å². The van der Waals surface area contributed by atoms with Gasteiger partial charge in [0, 0.05) is 11.4 Å². The Bertz CT molecular complexity index is 396. The molecule has 0 heterocycles. The Morgan fingerprint density at radius 1 is 0.773 bits per heavy atom. The predicted octanol–water partition coefficient (Wildman–Crippen LogP) is 5.60. The van der Waals surface area contributed by atoms with Crippen molar-refractivity contribution in [3.8, 4) is 17.2 Å². The van der Waals surface area contributed by atoms with E-state index >= 15 is 0 Å². The number of benzene rings is 1. The molecular formula is C18H29BrO3. The first-order chi connectivity index (χ1) is 10.8. The van der Waals surface area contributed by atoms with Crippen LogP contribution < -0.4 is 14.2 Å². The highest BCUT2D eigenvalue weighted by Gasteiger charge is 2.04. The normalized spacial score (nSPS) is 10.5. The van der Waals surface area contributed by atoms with Gasteiger partial charge < -0.3 is 14.2 Å². The Morgan fingerprint density at radius 3 is 1.95 bits per heavy atom. The molecule has 0 fully saturated rings. The summed E-state index contributed by atoms with van der Waals surface area (Å²) in [5, 5.41) is 1.14. The topological polar surface area (TPSA) is 27.7 Å². The van der Waals surface area contributed by atoms with Crippen LogP contribution in [0.2, 0.25) is 0 Å². The van der Waals surface area contributed by atoms with Gasteiger partial charge in [0.25, 0.3) is 0 Å². The van der Waals surface area contributed by atoms with Crippen LogP contribution >= 0.6 is 15.9 Å². The Balaban J connectivity index is 2.07. The van der Waals surface area contributed by atoms with Gasteiger partial charge in [0.2, 0.25) is 0 Å². The third-order valence-corrected chi connectivity index (χ3v) is 4.21. The van der Waals surface area contributed by atoms with E-state index in [1.54, 1.807) is 14.2 Å². The molecular weight excluding hydrogens is 344 g/mol. The molecule has 0 unspecified atom stereocenters. The van der Waals surface area contributed by atoms with E-state index < -0.39 is 0 Å². The Kier molecular flexibility index (Phi) is 11.0. The quantitative estimate of drug-likeness (QED) is 0.333. The maximum Gasteiger partial charge on any atom is 0.164 e. The van der Waals surface area contributed by atoms with Crippen LogP contribution in [0.5, 0.6) is 17.2 Å². The number of alkyl halides is 1. The zero-order valence-electron chi connectivity index (χ0n) is 13.9. The molecule has 0 radical (unpaired) electrons. The van der Waals surface area contributed by atoms with Crippen molar-refractivity contribution < 1.29 is 14.2 Å². The van der Waals surface area contributed by atoms with Crippen molar-refractivity contribution in [1.82, 2.24) is 0 Å². The lowest BCUT2D eigenvalue weighted by Crippen LogP contribution is -1.98. The smallest absolute Gasteiger partial charge is 0.164 e. The molecule has 0 saturated heterocycles. The number of rotatable bonds is 13. The second-order valence-corrected chi connectivity index (χ2v) is 6.18. The number of unbranched alkanes of at least 4 members (excludes halogenated alkanes) is 7. The number of hydrogen-bond acceptors (Lipinski definition) is 3. The van der Waals surface area contributed by atoms with Gasteiger partial charge in [0.05, 0.1) is 20.8 Å². The highest BCUT2D eigenvalue weighted by molar-refractivity contribution is 9.09. The van der Waals surface area contributed by atoms with Crippen LogP contribution in [0.4, 0.5) is 0 Å².